The molecule has 0 radical (unpaired) electrons. The van der Waals surface area contributed by atoms with Gasteiger partial charge in [-0.05, 0) is 0 Å². The lowest BCUT2D eigenvalue weighted by Gasteiger charge is -2.10. The first-order valence-corrected chi connectivity index (χ1v) is 5.30. The Hall–Kier alpha value is -1.96. The highest BCUT2D eigenvalue weighted by Gasteiger charge is 2.22. The highest BCUT2D eigenvalue weighted by molar-refractivity contribution is 5.88. The Morgan fingerprint density at radius 3 is 2.61 bits per heavy atom. The van der Waals surface area contributed by atoms with Gasteiger partial charge in [0, 0.05) is 7.11 Å². The van der Waals surface area contributed by atoms with Crippen molar-refractivity contribution in [3.05, 3.63) is 11.4 Å². The third-order valence-corrected chi connectivity index (χ3v) is 2.43. The largest absolute Gasteiger partial charge is 0.464 e. The van der Waals surface area contributed by atoms with E-state index in [4.69, 9.17) is 10.5 Å². The number of ether oxygens (including phenoxy) is 2. The maximum Gasteiger partial charge on any atom is 0.360 e. The number of amides is 1. The topological polar surface area (TPSA) is 109 Å². The van der Waals surface area contributed by atoms with Crippen LogP contribution in [0, 0.1) is 5.92 Å². The standard InChI is InChI=1S/C10H16N4O4/c1-6(9(11)15)4-14-7(5-17-2)8(12-13-14)10(16)18-3/h6H,4-5H2,1-3H3,(H2,11,15). The molecule has 8 heteroatoms. The van der Waals surface area contributed by atoms with E-state index < -0.39 is 17.8 Å². The van der Waals surface area contributed by atoms with Crippen molar-refractivity contribution in [1.82, 2.24) is 15.0 Å². The Kier molecular flexibility index (Phi) is 4.78. The van der Waals surface area contributed by atoms with Crippen LogP contribution in [0.4, 0.5) is 0 Å². The average molecular weight is 256 g/mol. The highest BCUT2D eigenvalue weighted by Crippen LogP contribution is 2.10. The number of carbonyl (C=O) groups is 2. The van der Waals surface area contributed by atoms with Gasteiger partial charge in [-0.15, -0.1) is 5.10 Å². The summed E-state index contributed by atoms with van der Waals surface area (Å²) in [4.78, 5) is 22.5. The molecule has 8 nitrogen and oxygen atoms in total. The van der Waals surface area contributed by atoms with Gasteiger partial charge in [-0.1, -0.05) is 12.1 Å². The number of hydrogen-bond acceptors (Lipinski definition) is 6. The Balaban J connectivity index is 3.01. The Labute approximate surface area is 104 Å². The van der Waals surface area contributed by atoms with Crippen LogP contribution in [0.2, 0.25) is 0 Å². The molecule has 1 amide bonds. The van der Waals surface area contributed by atoms with Crippen LogP contribution in [-0.2, 0) is 27.4 Å². The minimum Gasteiger partial charge on any atom is -0.464 e. The van der Waals surface area contributed by atoms with Gasteiger partial charge < -0.3 is 15.2 Å². The van der Waals surface area contributed by atoms with Crippen molar-refractivity contribution >= 4 is 11.9 Å². The first-order valence-electron chi connectivity index (χ1n) is 5.30. The van der Waals surface area contributed by atoms with E-state index in [1.54, 1.807) is 6.92 Å². The number of hydrogen-bond donors (Lipinski definition) is 1. The molecular formula is C10H16N4O4. The van der Waals surface area contributed by atoms with Crippen LogP contribution in [-0.4, -0.2) is 41.1 Å². The number of carbonyl (C=O) groups excluding carboxylic acids is 2. The molecule has 0 aliphatic carbocycles. The number of nitrogens with two attached hydrogens (primary N) is 1. The zero-order chi connectivity index (χ0) is 13.7. The molecule has 0 saturated carbocycles. The van der Waals surface area contributed by atoms with E-state index in [2.05, 4.69) is 15.0 Å². The monoisotopic (exact) mass is 256 g/mol. The minimum atomic E-state index is -0.597. The molecule has 1 rings (SSSR count). The number of rotatable bonds is 6. The molecule has 0 fully saturated rings. The third-order valence-electron chi connectivity index (χ3n) is 2.43. The van der Waals surface area contributed by atoms with Crippen molar-refractivity contribution in [2.75, 3.05) is 14.2 Å². The molecule has 1 heterocycles. The molecule has 100 valence electrons. The number of esters is 1. The van der Waals surface area contributed by atoms with Crippen LogP contribution in [0.3, 0.4) is 0 Å². The second kappa shape index (κ2) is 6.10. The van der Waals surface area contributed by atoms with Gasteiger partial charge in [0.2, 0.25) is 5.91 Å². The SMILES string of the molecule is COCc1c(C(=O)OC)nnn1CC(C)C(N)=O. The zero-order valence-corrected chi connectivity index (χ0v) is 10.5. The van der Waals surface area contributed by atoms with E-state index in [1.807, 2.05) is 0 Å². The van der Waals surface area contributed by atoms with Gasteiger partial charge in [0.15, 0.2) is 5.69 Å². The number of methoxy groups -OCH3 is 2. The van der Waals surface area contributed by atoms with E-state index in [1.165, 1.54) is 18.9 Å². The number of primary amides is 1. The van der Waals surface area contributed by atoms with Crippen LogP contribution >= 0.6 is 0 Å². The third kappa shape index (κ3) is 3.04. The summed E-state index contributed by atoms with van der Waals surface area (Å²) >= 11 is 0. The molecule has 1 atom stereocenters. The first kappa shape index (κ1) is 14.1. The summed E-state index contributed by atoms with van der Waals surface area (Å²) in [6, 6.07) is 0. The summed E-state index contributed by atoms with van der Waals surface area (Å²) in [6.45, 7) is 2.04. The second-order valence-corrected chi connectivity index (χ2v) is 3.79. The van der Waals surface area contributed by atoms with Crippen LogP contribution in [0.15, 0.2) is 0 Å². The van der Waals surface area contributed by atoms with E-state index in [0.29, 0.717) is 5.69 Å². The summed E-state index contributed by atoms with van der Waals surface area (Å²) in [5, 5.41) is 7.53. The average Bonchev–Trinajstić information content (AvgIpc) is 2.72. The zero-order valence-electron chi connectivity index (χ0n) is 10.5. The van der Waals surface area contributed by atoms with E-state index in [0.717, 1.165) is 0 Å². The highest BCUT2D eigenvalue weighted by atomic mass is 16.5. The van der Waals surface area contributed by atoms with Gasteiger partial charge in [-0.25, -0.2) is 9.48 Å². The first-order chi connectivity index (χ1) is 8.51. The molecule has 0 aliphatic heterocycles. The van der Waals surface area contributed by atoms with Gasteiger partial charge in [-0.2, -0.15) is 0 Å². The summed E-state index contributed by atoms with van der Waals surface area (Å²) in [7, 11) is 2.74. The summed E-state index contributed by atoms with van der Waals surface area (Å²) < 4.78 is 11.0. The Bertz CT molecular complexity index is 443. The summed E-state index contributed by atoms with van der Waals surface area (Å²) in [5.41, 5.74) is 5.71. The molecule has 18 heavy (non-hydrogen) atoms. The molecule has 0 bridgehead atoms. The molecule has 1 unspecified atom stereocenters. The summed E-state index contributed by atoms with van der Waals surface area (Å²) in [6.07, 6.45) is 0. The molecule has 1 aromatic rings. The van der Waals surface area contributed by atoms with Crippen LogP contribution in [0.5, 0.6) is 0 Å². The van der Waals surface area contributed by atoms with Crippen LogP contribution in [0.1, 0.15) is 23.1 Å². The van der Waals surface area contributed by atoms with E-state index in [-0.39, 0.29) is 18.8 Å². The summed E-state index contributed by atoms with van der Waals surface area (Å²) in [5.74, 6) is -1.47. The molecule has 2 N–H and O–H groups in total. The van der Waals surface area contributed by atoms with Crippen LogP contribution < -0.4 is 5.73 Å². The minimum absolute atomic E-state index is 0.0796. The molecular weight excluding hydrogens is 240 g/mol. The van der Waals surface area contributed by atoms with Gasteiger partial charge in [-0.3, -0.25) is 4.79 Å². The Morgan fingerprint density at radius 1 is 1.44 bits per heavy atom. The van der Waals surface area contributed by atoms with Crippen molar-refractivity contribution in [2.24, 2.45) is 11.7 Å². The normalized spacial score (nSPS) is 12.2. The van der Waals surface area contributed by atoms with Crippen molar-refractivity contribution in [1.29, 1.82) is 0 Å². The van der Waals surface area contributed by atoms with Gasteiger partial charge in [0.25, 0.3) is 0 Å². The fraction of sp³-hybridized carbons (Fsp3) is 0.600. The molecule has 0 saturated heterocycles. The van der Waals surface area contributed by atoms with Crippen molar-refractivity contribution in [3.63, 3.8) is 0 Å². The van der Waals surface area contributed by atoms with Crippen LogP contribution in [0.25, 0.3) is 0 Å². The van der Waals surface area contributed by atoms with Crippen molar-refractivity contribution < 1.29 is 19.1 Å². The quantitative estimate of drug-likeness (QED) is 0.676. The lowest BCUT2D eigenvalue weighted by atomic mass is 10.1. The van der Waals surface area contributed by atoms with E-state index in [9.17, 15) is 9.59 Å². The molecule has 0 spiro atoms. The maximum atomic E-state index is 11.5. The van der Waals surface area contributed by atoms with Crippen molar-refractivity contribution in [3.8, 4) is 0 Å². The van der Waals surface area contributed by atoms with Gasteiger partial charge in [0.05, 0.1) is 31.9 Å². The fourth-order valence-electron chi connectivity index (χ4n) is 1.36. The number of nitrogens with zero attached hydrogens (tertiary/aromatic N) is 3. The fourth-order valence-corrected chi connectivity index (χ4v) is 1.36. The van der Waals surface area contributed by atoms with Gasteiger partial charge in [0.1, 0.15) is 0 Å². The molecule has 0 aliphatic rings. The predicted octanol–water partition coefficient (Wildman–Crippen LogP) is -0.667. The number of aromatic nitrogens is 3. The predicted molar refractivity (Wildman–Crippen MR) is 60.4 cm³/mol. The lowest BCUT2D eigenvalue weighted by Crippen LogP contribution is -2.26. The lowest BCUT2D eigenvalue weighted by molar-refractivity contribution is -0.121. The Morgan fingerprint density at radius 2 is 2.11 bits per heavy atom. The van der Waals surface area contributed by atoms with Crippen molar-refractivity contribution in [2.45, 2.75) is 20.1 Å². The second-order valence-electron chi connectivity index (χ2n) is 3.79. The molecule has 1 aromatic heterocycles. The maximum absolute atomic E-state index is 11.5. The van der Waals surface area contributed by atoms with E-state index >= 15 is 0 Å². The molecule has 0 aromatic carbocycles. The smallest absolute Gasteiger partial charge is 0.360 e. The van der Waals surface area contributed by atoms with Gasteiger partial charge >= 0.3 is 5.97 Å².